The molecule has 758 valence electrons. The number of carbonyl (C=O) groups excluding carboxylic acids is 5. The molecule has 5 aliphatic heterocycles. The monoisotopic (exact) mass is 2230 g/mol. The Hall–Kier alpha value is -8.92. The molecular weight excluding hydrogens is 2120 g/mol. The Morgan fingerprint density at radius 2 is 0.587 bits per heavy atom. The summed E-state index contributed by atoms with van der Waals surface area (Å²) in [7, 11) is 0. The second kappa shape index (κ2) is 53.1. The van der Waals surface area contributed by atoms with Crippen LogP contribution in [0.4, 0.5) is 52.4 Å². The van der Waals surface area contributed by atoms with Crippen LogP contribution < -0.4 is 56.8 Å². The molecule has 0 radical (unpaired) electrons. The maximum atomic E-state index is 12.9. The van der Waals surface area contributed by atoms with Crippen molar-refractivity contribution >= 4 is 233 Å². The van der Waals surface area contributed by atoms with Gasteiger partial charge < -0.3 is 81.3 Å². The lowest BCUT2D eigenvalue weighted by Gasteiger charge is -2.44. The molecule has 143 heavy (non-hydrogen) atoms. The van der Waals surface area contributed by atoms with Crippen molar-refractivity contribution in [2.75, 3.05) is 129 Å². The molecule has 10 amide bonds. The van der Waals surface area contributed by atoms with E-state index in [2.05, 4.69) is 58.0 Å². The third-order valence-corrected chi connectivity index (χ3v) is 29.3. The molecule has 0 spiro atoms. The molecule has 11 aromatic carbocycles. The summed E-state index contributed by atoms with van der Waals surface area (Å²) in [6.07, 6.45) is 6.17. The third kappa shape index (κ3) is 31.6. The summed E-state index contributed by atoms with van der Waals surface area (Å²) in [4.78, 5) is 83.9. The van der Waals surface area contributed by atoms with E-state index in [-0.39, 0.29) is 65.9 Å². The average molecular weight is 2240 g/mol. The fourth-order valence-electron chi connectivity index (χ4n) is 18.1. The van der Waals surface area contributed by atoms with E-state index in [1.54, 1.807) is 42.2 Å². The zero-order chi connectivity index (χ0) is 102. The molecule has 11 aromatic rings. The van der Waals surface area contributed by atoms with Gasteiger partial charge in [0.25, 0.3) is 0 Å². The molecule has 1 aliphatic carbocycles. The van der Waals surface area contributed by atoms with Crippen molar-refractivity contribution < 1.29 is 24.0 Å². The highest BCUT2D eigenvalue weighted by Gasteiger charge is 2.39. The summed E-state index contributed by atoms with van der Waals surface area (Å²) >= 11 is 93.2. The van der Waals surface area contributed by atoms with Crippen LogP contribution in [0.3, 0.4) is 0 Å². The Balaban J connectivity index is 0.000000150. The summed E-state index contributed by atoms with van der Waals surface area (Å²) in [5.74, 6) is 0. The molecule has 0 bridgehead atoms. The molecular formula is C107H115Cl15N16O5. The minimum atomic E-state index is -0.407. The van der Waals surface area contributed by atoms with E-state index < -0.39 is 6.17 Å². The van der Waals surface area contributed by atoms with E-state index in [1.807, 2.05) is 253 Å². The minimum Gasteiger partial charge on any atom is -0.360 e. The van der Waals surface area contributed by atoms with E-state index in [9.17, 15) is 24.0 Å². The molecule has 6 fully saturated rings. The standard InChI is InChI=1S/C24H22Cl3N3O.C22H24Cl3N3O.2C21H24Cl3N3O.C19H21Cl3N4O/c25-19-8-6-18(7-9-19)23-16-29(24(31)28-15-17-4-2-1-3-5-17)12-13-30(23)22-11-10-20(26)14-21(22)27;23-16-7-5-15(6-8-16)21-14-27(22(29)26-18-3-1-2-4-18)11-12-28(21)20-10-9-17(24)13-19(20)25;1-21(2,3)25-20(28)26-10-11-27(18-9-8-16(23)12-17(18)24)19(13-26)14-4-6-15(22)7-5-14;1-2-3-10-25-21(28)26-11-12-27(19-9-8-17(23)13-18(19)24)20(14-26)15-4-6-16(22)7-5-15;1-12(23)24-19(27)25-8-9-26(17-7-6-15(21)10-16(17)22)18(11-25)13-2-4-14(20)5-3-13/h1-11,14,23H,12-13,15-16H2,(H,28,31);5-10,13,18,21H,1-4,11-12,14H2,(H,26,29);4-9,12,19H,10-11,13H2,1-3H3,(H,25,28);4-9,13,20H,2-3,10-12,14H2,1H3,(H,25,28);2-7,10,12,18H,8-9,11,23H2,1H3,(H,24,27). The fourth-order valence-corrected chi connectivity index (χ4v) is 21.3. The zero-order valence-electron chi connectivity index (χ0n) is 79.7. The molecule has 36 heteroatoms. The van der Waals surface area contributed by atoms with Gasteiger partial charge >= 0.3 is 30.2 Å². The van der Waals surface area contributed by atoms with Gasteiger partial charge in [-0.05, 0) is 232 Å². The Morgan fingerprint density at radius 3 is 0.853 bits per heavy atom. The maximum absolute atomic E-state index is 12.9. The van der Waals surface area contributed by atoms with Crippen molar-refractivity contribution in [2.24, 2.45) is 5.73 Å². The van der Waals surface area contributed by atoms with Crippen LogP contribution in [0, 0.1) is 0 Å². The summed E-state index contributed by atoms with van der Waals surface area (Å²) in [5, 5.41) is 24.4. The van der Waals surface area contributed by atoms with Gasteiger partial charge in [-0.3, -0.25) is 0 Å². The molecule has 6 unspecified atom stereocenters. The molecule has 0 aromatic heterocycles. The first-order valence-electron chi connectivity index (χ1n) is 47.4. The number of benzene rings is 11. The smallest absolute Gasteiger partial charge is 0.318 e. The summed E-state index contributed by atoms with van der Waals surface area (Å²) in [5.41, 5.74) is 16.4. The van der Waals surface area contributed by atoms with E-state index in [1.165, 1.54) is 12.8 Å². The normalized spacial score (nSPS) is 17.8. The zero-order valence-corrected chi connectivity index (χ0v) is 91.0. The third-order valence-electron chi connectivity index (χ3n) is 25.3. The number of nitrogens with one attached hydrogen (secondary N) is 5. The van der Waals surface area contributed by atoms with Crippen LogP contribution in [-0.2, 0) is 6.54 Å². The highest BCUT2D eigenvalue weighted by Crippen LogP contribution is 2.45. The number of unbranched alkanes of at least 4 members (excludes halogenated alkanes) is 1. The van der Waals surface area contributed by atoms with Crippen LogP contribution in [0.5, 0.6) is 0 Å². The number of piperazine rings is 5. The van der Waals surface area contributed by atoms with Crippen LogP contribution >= 0.6 is 174 Å². The Labute approximate surface area is 913 Å². The predicted octanol–water partition coefficient (Wildman–Crippen LogP) is 29.1. The number of urea groups is 5. The number of amides is 10. The Kier molecular flexibility index (Phi) is 41.3. The largest absolute Gasteiger partial charge is 0.360 e. The van der Waals surface area contributed by atoms with Crippen molar-refractivity contribution in [2.45, 2.75) is 128 Å². The van der Waals surface area contributed by atoms with Gasteiger partial charge in [-0.15, -0.1) is 0 Å². The molecule has 17 rings (SSSR count). The van der Waals surface area contributed by atoms with E-state index in [0.717, 1.165) is 87.5 Å². The van der Waals surface area contributed by atoms with Crippen molar-refractivity contribution in [1.82, 2.24) is 51.1 Å². The molecule has 5 saturated heterocycles. The van der Waals surface area contributed by atoms with Crippen molar-refractivity contribution in [3.63, 3.8) is 0 Å². The molecule has 6 atom stereocenters. The summed E-state index contributed by atoms with van der Waals surface area (Å²) in [6, 6.07) is 75.8. The van der Waals surface area contributed by atoms with Crippen molar-refractivity contribution in [1.29, 1.82) is 0 Å². The highest BCUT2D eigenvalue weighted by molar-refractivity contribution is 6.39. The molecule has 7 N–H and O–H groups in total. The topological polar surface area (TPSA) is 204 Å². The van der Waals surface area contributed by atoms with Gasteiger partial charge in [-0.2, -0.15) is 0 Å². The second-order valence-corrected chi connectivity index (χ2v) is 43.0. The Morgan fingerprint density at radius 1 is 0.329 bits per heavy atom. The van der Waals surface area contributed by atoms with Gasteiger partial charge in [-0.1, -0.05) is 291 Å². The second-order valence-electron chi connectivity index (χ2n) is 36.6. The fraction of sp³-hybridized carbons (Fsp3) is 0.336. The molecule has 5 heterocycles. The number of carbonyl (C=O) groups is 5. The first-order chi connectivity index (χ1) is 68.5. The van der Waals surface area contributed by atoms with Crippen LogP contribution in [0.1, 0.15) is 137 Å². The first kappa shape index (κ1) is 111. The van der Waals surface area contributed by atoms with Gasteiger partial charge in [0, 0.05) is 173 Å². The average Bonchev–Trinajstić information content (AvgIpc) is 1.08. The van der Waals surface area contributed by atoms with Gasteiger partial charge in [0.15, 0.2) is 0 Å². The highest BCUT2D eigenvalue weighted by atomic mass is 35.5. The summed E-state index contributed by atoms with van der Waals surface area (Å²) in [6.45, 7) is 20.0. The minimum absolute atomic E-state index is 0.0192. The summed E-state index contributed by atoms with van der Waals surface area (Å²) < 4.78 is 0. The number of nitrogens with zero attached hydrogens (tertiary/aromatic N) is 10. The van der Waals surface area contributed by atoms with Crippen LogP contribution in [0.15, 0.2) is 243 Å². The van der Waals surface area contributed by atoms with Gasteiger partial charge in [0.05, 0.1) is 89.9 Å². The number of anilines is 5. The van der Waals surface area contributed by atoms with Crippen LogP contribution in [0.2, 0.25) is 75.3 Å². The SMILES string of the molecule is CC(C)(C)NC(=O)N1CCN(c2ccc(Cl)cc2Cl)C(c2ccc(Cl)cc2)C1.CC(N)NC(=O)N1CCN(c2ccc(Cl)cc2Cl)C(c2ccc(Cl)cc2)C1.CCCCNC(=O)N1CCN(c2ccc(Cl)cc2Cl)C(c2ccc(Cl)cc2)C1.O=C(NC1CCCC1)N1CCN(c2ccc(Cl)cc2Cl)C(c2ccc(Cl)cc2)C1.O=C(NCc1ccccc1)N1CCN(c2ccc(Cl)cc2Cl)C(c2ccc(Cl)cc2)C1. The lowest BCUT2D eigenvalue weighted by atomic mass is 10.0. The van der Waals surface area contributed by atoms with E-state index in [4.69, 9.17) is 180 Å². The number of rotatable bonds is 17. The molecule has 1 saturated carbocycles. The maximum Gasteiger partial charge on any atom is 0.318 e. The van der Waals surface area contributed by atoms with Crippen LogP contribution in [-0.4, -0.2) is 177 Å². The predicted molar refractivity (Wildman–Crippen MR) is 596 cm³/mol. The van der Waals surface area contributed by atoms with Crippen LogP contribution in [0.25, 0.3) is 0 Å². The van der Waals surface area contributed by atoms with Crippen molar-refractivity contribution in [3.05, 3.63) is 351 Å². The Bertz CT molecular complexity index is 6080. The van der Waals surface area contributed by atoms with Gasteiger partial charge in [0.2, 0.25) is 0 Å². The number of hydrogen-bond acceptors (Lipinski definition) is 11. The van der Waals surface area contributed by atoms with Gasteiger partial charge in [-0.25, -0.2) is 24.0 Å². The lowest BCUT2D eigenvalue weighted by molar-refractivity contribution is 0.176. The quantitative estimate of drug-likeness (QED) is 0.0374. The van der Waals surface area contributed by atoms with E-state index >= 15 is 0 Å². The first-order valence-corrected chi connectivity index (χ1v) is 53.1. The lowest BCUT2D eigenvalue weighted by Crippen LogP contribution is -2.56. The molecule has 21 nitrogen and oxygen atoms in total. The number of hydrogen-bond donors (Lipinski definition) is 6. The van der Waals surface area contributed by atoms with Gasteiger partial charge in [0.1, 0.15) is 0 Å². The van der Waals surface area contributed by atoms with Crippen molar-refractivity contribution in [3.8, 4) is 0 Å². The number of nitrogens with two attached hydrogens (primary N) is 1. The number of halogens is 15. The van der Waals surface area contributed by atoms with E-state index in [0.29, 0.717) is 193 Å². The molecule has 6 aliphatic rings.